The number of ether oxygens (including phenoxy) is 2. The molecule has 0 saturated heterocycles. The van der Waals surface area contributed by atoms with E-state index in [1.165, 1.54) is 0 Å². The van der Waals surface area contributed by atoms with Crippen LogP contribution in [0.4, 0.5) is 0 Å². The van der Waals surface area contributed by atoms with Crippen LogP contribution in [0, 0.1) is 25.2 Å². The number of aryl methyl sites for hydroxylation is 1. The van der Waals surface area contributed by atoms with E-state index in [1.807, 2.05) is 48.7 Å². The largest absolute Gasteiger partial charge is 0.493 e. The highest BCUT2D eigenvalue weighted by molar-refractivity contribution is 5.84. The molecule has 37 heavy (non-hydrogen) atoms. The zero-order valence-corrected chi connectivity index (χ0v) is 21.4. The van der Waals surface area contributed by atoms with Crippen molar-refractivity contribution in [2.45, 2.75) is 32.6 Å². The third-order valence-electron chi connectivity index (χ3n) is 6.83. The number of carbonyl (C=O) groups excluding carboxylic acids is 1. The number of aromatic nitrogens is 2. The van der Waals surface area contributed by atoms with Gasteiger partial charge in [-0.15, -0.1) is 0 Å². The average molecular weight is 499 g/mol. The Morgan fingerprint density at radius 2 is 1.86 bits per heavy atom. The summed E-state index contributed by atoms with van der Waals surface area (Å²) >= 11 is 0. The number of fused-ring (bicyclic) bond motifs is 1. The minimum atomic E-state index is -0.403. The first-order chi connectivity index (χ1) is 17.9. The molecule has 0 saturated carbocycles. The topological polar surface area (TPSA) is 120 Å². The number of rotatable bonds is 9. The van der Waals surface area contributed by atoms with Gasteiger partial charge in [0.05, 0.1) is 14.2 Å². The number of H-pyrrole nitrogens is 2. The summed E-state index contributed by atoms with van der Waals surface area (Å²) in [7, 11) is 3.21. The van der Waals surface area contributed by atoms with Gasteiger partial charge >= 0.3 is 0 Å². The summed E-state index contributed by atoms with van der Waals surface area (Å²) in [5.41, 5.74) is 4.74. The highest BCUT2D eigenvalue weighted by Gasteiger charge is 2.24. The molecule has 0 bridgehead atoms. The van der Waals surface area contributed by atoms with Gasteiger partial charge in [-0.3, -0.25) is 9.59 Å². The van der Waals surface area contributed by atoms with Crippen molar-refractivity contribution in [1.29, 1.82) is 5.26 Å². The smallest absolute Gasteiger partial charge is 0.266 e. The van der Waals surface area contributed by atoms with E-state index < -0.39 is 5.56 Å². The first-order valence-electron chi connectivity index (χ1n) is 12.1. The van der Waals surface area contributed by atoms with Gasteiger partial charge in [-0.25, -0.2) is 0 Å². The van der Waals surface area contributed by atoms with Crippen molar-refractivity contribution >= 4 is 16.8 Å². The van der Waals surface area contributed by atoms with Crippen molar-refractivity contribution in [1.82, 2.24) is 15.3 Å². The molecular weight excluding hydrogens is 468 g/mol. The first kappa shape index (κ1) is 25.6. The second-order valence-corrected chi connectivity index (χ2v) is 8.90. The molecule has 1 atom stereocenters. The number of methoxy groups -OCH3 is 2. The van der Waals surface area contributed by atoms with Gasteiger partial charge in [-0.2, -0.15) is 5.26 Å². The van der Waals surface area contributed by atoms with Crippen molar-refractivity contribution in [2.75, 3.05) is 20.8 Å². The molecule has 2 aromatic heterocycles. The van der Waals surface area contributed by atoms with E-state index >= 15 is 0 Å². The number of aromatic amines is 2. The van der Waals surface area contributed by atoms with E-state index in [0.29, 0.717) is 35.7 Å². The van der Waals surface area contributed by atoms with Crippen LogP contribution in [0.2, 0.25) is 0 Å². The van der Waals surface area contributed by atoms with Crippen LogP contribution in [0.3, 0.4) is 0 Å². The highest BCUT2D eigenvalue weighted by Crippen LogP contribution is 2.40. The van der Waals surface area contributed by atoms with Crippen molar-refractivity contribution in [3.63, 3.8) is 0 Å². The maximum Gasteiger partial charge on any atom is 0.266 e. The highest BCUT2D eigenvalue weighted by atomic mass is 16.5. The van der Waals surface area contributed by atoms with Crippen molar-refractivity contribution in [3.8, 4) is 17.6 Å². The molecule has 3 N–H and O–H groups in total. The van der Waals surface area contributed by atoms with Gasteiger partial charge in [-0.1, -0.05) is 30.3 Å². The standard InChI is InChI=1S/C29H30N4O4/c1-17-19(18(2)33-29(35)22(17)14-30)12-13-27(34)32-16-24(21-9-7-11-26(36-3)28(21)37-4)23-15-31-25-10-6-5-8-20(23)25/h5-11,15,24,31H,12-13,16H2,1-4H3,(H,32,34)(H,33,35). The van der Waals surface area contributed by atoms with Crippen molar-refractivity contribution in [2.24, 2.45) is 0 Å². The molecule has 0 aliphatic rings. The van der Waals surface area contributed by atoms with Gasteiger partial charge in [0.1, 0.15) is 11.6 Å². The summed E-state index contributed by atoms with van der Waals surface area (Å²) in [6, 6.07) is 15.7. The number of pyridine rings is 1. The monoisotopic (exact) mass is 498 g/mol. The molecule has 4 aromatic rings. The van der Waals surface area contributed by atoms with Crippen LogP contribution in [-0.4, -0.2) is 36.6 Å². The van der Waals surface area contributed by atoms with E-state index in [9.17, 15) is 14.9 Å². The summed E-state index contributed by atoms with van der Waals surface area (Å²) in [6.07, 6.45) is 2.60. The SMILES string of the molecule is COc1cccc(C(CNC(=O)CCc2c(C)[nH]c(=O)c(C#N)c2C)c2c[nH]c3ccccc23)c1OC. The maximum atomic E-state index is 13.0. The minimum absolute atomic E-state index is 0.0885. The molecule has 8 heteroatoms. The molecule has 1 amide bonds. The third kappa shape index (κ3) is 5.07. The number of amides is 1. The zero-order chi connectivity index (χ0) is 26.5. The molecule has 190 valence electrons. The Morgan fingerprint density at radius 1 is 1.08 bits per heavy atom. The molecule has 2 aromatic carbocycles. The van der Waals surface area contributed by atoms with Crippen LogP contribution in [0.1, 0.15) is 45.8 Å². The number of carbonyl (C=O) groups is 1. The van der Waals surface area contributed by atoms with Gasteiger partial charge < -0.3 is 24.8 Å². The molecule has 0 aliphatic heterocycles. The quantitative estimate of drug-likeness (QED) is 0.319. The van der Waals surface area contributed by atoms with Crippen LogP contribution in [0.5, 0.6) is 11.5 Å². The lowest BCUT2D eigenvalue weighted by Gasteiger charge is -2.22. The number of para-hydroxylation sites is 2. The maximum absolute atomic E-state index is 13.0. The Bertz CT molecular complexity index is 1540. The fourth-order valence-electron chi connectivity index (χ4n) is 4.92. The van der Waals surface area contributed by atoms with Gasteiger partial charge in [0, 0.05) is 47.2 Å². The summed E-state index contributed by atoms with van der Waals surface area (Å²) in [5.74, 6) is 0.911. The summed E-state index contributed by atoms with van der Waals surface area (Å²) < 4.78 is 11.3. The molecule has 2 heterocycles. The number of benzene rings is 2. The Morgan fingerprint density at radius 3 is 2.59 bits per heavy atom. The lowest BCUT2D eigenvalue weighted by Crippen LogP contribution is -2.29. The second-order valence-electron chi connectivity index (χ2n) is 8.90. The molecule has 0 spiro atoms. The Balaban J connectivity index is 1.60. The molecule has 8 nitrogen and oxygen atoms in total. The van der Waals surface area contributed by atoms with E-state index in [-0.39, 0.29) is 23.8 Å². The summed E-state index contributed by atoms with van der Waals surface area (Å²) in [5, 5.41) is 13.5. The van der Waals surface area contributed by atoms with Crippen LogP contribution < -0.4 is 20.3 Å². The Kier molecular flexibility index (Phi) is 7.63. The van der Waals surface area contributed by atoms with Crippen LogP contribution in [0.15, 0.2) is 53.5 Å². The van der Waals surface area contributed by atoms with E-state index in [0.717, 1.165) is 27.6 Å². The summed E-state index contributed by atoms with van der Waals surface area (Å²) in [6.45, 7) is 3.87. The number of nitrogens with one attached hydrogen (secondary N) is 3. The third-order valence-corrected chi connectivity index (χ3v) is 6.83. The predicted octanol–water partition coefficient (Wildman–Crippen LogP) is 4.24. The molecule has 0 radical (unpaired) electrons. The van der Waals surface area contributed by atoms with Crippen LogP contribution in [-0.2, 0) is 11.2 Å². The first-order valence-corrected chi connectivity index (χ1v) is 12.1. The zero-order valence-electron chi connectivity index (χ0n) is 21.4. The average Bonchev–Trinajstić information content (AvgIpc) is 3.32. The van der Waals surface area contributed by atoms with E-state index in [2.05, 4.69) is 21.4 Å². The van der Waals surface area contributed by atoms with E-state index in [1.54, 1.807) is 28.1 Å². The number of nitriles is 1. The molecule has 4 rings (SSSR count). The second kappa shape index (κ2) is 11.0. The van der Waals surface area contributed by atoms with Gasteiger partial charge in [0.25, 0.3) is 5.56 Å². The van der Waals surface area contributed by atoms with Gasteiger partial charge in [-0.05, 0) is 49.1 Å². The van der Waals surface area contributed by atoms with Gasteiger partial charge in [0.15, 0.2) is 11.5 Å². The van der Waals surface area contributed by atoms with E-state index in [4.69, 9.17) is 9.47 Å². The van der Waals surface area contributed by atoms with Crippen LogP contribution >= 0.6 is 0 Å². The molecule has 0 fully saturated rings. The van der Waals surface area contributed by atoms with Crippen molar-refractivity contribution in [3.05, 3.63) is 92.5 Å². The normalized spacial score (nSPS) is 11.6. The van der Waals surface area contributed by atoms with Crippen molar-refractivity contribution < 1.29 is 14.3 Å². The molecular formula is C29H30N4O4. The van der Waals surface area contributed by atoms with Gasteiger partial charge in [0.2, 0.25) is 5.91 Å². The number of nitrogens with zero attached hydrogens (tertiary/aromatic N) is 1. The predicted molar refractivity (Wildman–Crippen MR) is 142 cm³/mol. The number of hydrogen-bond acceptors (Lipinski definition) is 5. The Labute approximate surface area is 215 Å². The summed E-state index contributed by atoms with van der Waals surface area (Å²) in [4.78, 5) is 31.1. The van der Waals surface area contributed by atoms with Crippen LogP contribution in [0.25, 0.3) is 10.9 Å². The lowest BCUT2D eigenvalue weighted by molar-refractivity contribution is -0.121. The molecule has 1 unspecified atom stereocenters. The fraction of sp³-hybridized carbons (Fsp3) is 0.276. The Hall–Kier alpha value is -4.51. The lowest BCUT2D eigenvalue weighted by atomic mass is 9.89. The fourth-order valence-corrected chi connectivity index (χ4v) is 4.92. The minimum Gasteiger partial charge on any atom is -0.493 e. The molecule has 0 aliphatic carbocycles. The number of hydrogen-bond donors (Lipinski definition) is 3.